The molecule has 0 spiro atoms. The highest BCUT2D eigenvalue weighted by Gasteiger charge is 2.33. The molecule has 1 saturated heterocycles. The third-order valence-corrected chi connectivity index (χ3v) is 4.70. The average Bonchev–Trinajstić information content (AvgIpc) is 3.09. The fourth-order valence-corrected chi connectivity index (χ4v) is 3.67. The summed E-state index contributed by atoms with van der Waals surface area (Å²) in [6.45, 7) is 0.590. The molecular weight excluding hydrogens is 321 g/mol. The Morgan fingerprint density at radius 2 is 2.04 bits per heavy atom. The Hall–Kier alpha value is -2.22. The number of benzene rings is 1. The SMILES string of the molecule is O=C1CC(CS(=O)(=O)F)CN1Cc1ccccc1-n1cccn1. The molecular formula is C15H16FN3O3S. The second-order valence-electron chi connectivity index (χ2n) is 5.63. The van der Waals surface area contributed by atoms with E-state index in [2.05, 4.69) is 5.10 Å². The van der Waals surface area contributed by atoms with Gasteiger partial charge in [-0.25, -0.2) is 4.68 Å². The molecule has 0 aliphatic carbocycles. The highest BCUT2D eigenvalue weighted by atomic mass is 32.3. The van der Waals surface area contributed by atoms with Gasteiger partial charge in [-0.2, -0.15) is 13.5 Å². The molecule has 2 heterocycles. The van der Waals surface area contributed by atoms with E-state index < -0.39 is 21.9 Å². The monoisotopic (exact) mass is 337 g/mol. The summed E-state index contributed by atoms with van der Waals surface area (Å²) in [5.74, 6) is -1.25. The second-order valence-corrected chi connectivity index (χ2v) is 7.04. The Bertz CT molecular complexity index is 805. The number of para-hydroxylation sites is 1. The molecule has 1 aromatic heterocycles. The van der Waals surface area contributed by atoms with Crippen molar-refractivity contribution in [2.75, 3.05) is 12.3 Å². The van der Waals surface area contributed by atoms with Gasteiger partial charge in [0.05, 0.1) is 11.4 Å². The predicted octanol–water partition coefficient (Wildman–Crippen LogP) is 1.52. The van der Waals surface area contributed by atoms with Crippen molar-refractivity contribution in [3.8, 4) is 5.69 Å². The van der Waals surface area contributed by atoms with E-state index in [1.54, 1.807) is 21.8 Å². The molecule has 2 aromatic rings. The van der Waals surface area contributed by atoms with Crippen LogP contribution in [0.15, 0.2) is 42.7 Å². The number of hydrogen-bond acceptors (Lipinski definition) is 4. The lowest BCUT2D eigenvalue weighted by Gasteiger charge is -2.18. The van der Waals surface area contributed by atoms with Gasteiger partial charge >= 0.3 is 10.2 Å². The van der Waals surface area contributed by atoms with Crippen molar-refractivity contribution in [2.24, 2.45) is 5.92 Å². The maximum absolute atomic E-state index is 12.8. The molecule has 23 heavy (non-hydrogen) atoms. The van der Waals surface area contributed by atoms with Gasteiger partial charge in [-0.15, -0.1) is 3.89 Å². The Morgan fingerprint density at radius 3 is 2.74 bits per heavy atom. The molecule has 1 fully saturated rings. The number of halogens is 1. The zero-order valence-corrected chi connectivity index (χ0v) is 13.1. The molecule has 0 bridgehead atoms. The number of rotatable bonds is 5. The van der Waals surface area contributed by atoms with E-state index in [0.29, 0.717) is 6.54 Å². The summed E-state index contributed by atoms with van der Waals surface area (Å²) in [5, 5.41) is 4.19. The van der Waals surface area contributed by atoms with Crippen molar-refractivity contribution in [3.05, 3.63) is 48.3 Å². The van der Waals surface area contributed by atoms with E-state index in [9.17, 15) is 17.1 Å². The fourth-order valence-electron chi connectivity index (χ4n) is 2.88. The molecule has 1 aliphatic rings. The first-order valence-electron chi connectivity index (χ1n) is 7.20. The minimum absolute atomic E-state index is 0.0626. The van der Waals surface area contributed by atoms with E-state index in [1.165, 1.54) is 0 Å². The van der Waals surface area contributed by atoms with Crippen molar-refractivity contribution in [1.29, 1.82) is 0 Å². The Morgan fingerprint density at radius 1 is 1.26 bits per heavy atom. The largest absolute Gasteiger partial charge is 0.338 e. The normalized spacial score (nSPS) is 18.6. The highest BCUT2D eigenvalue weighted by Crippen LogP contribution is 2.24. The molecule has 0 saturated carbocycles. The van der Waals surface area contributed by atoms with Crippen LogP contribution in [0.5, 0.6) is 0 Å². The van der Waals surface area contributed by atoms with Gasteiger partial charge in [-0.05, 0) is 17.7 Å². The van der Waals surface area contributed by atoms with E-state index in [4.69, 9.17) is 0 Å². The van der Waals surface area contributed by atoms with E-state index >= 15 is 0 Å². The van der Waals surface area contributed by atoms with Crippen molar-refractivity contribution in [3.63, 3.8) is 0 Å². The summed E-state index contributed by atoms with van der Waals surface area (Å²) < 4.78 is 36.0. The summed E-state index contributed by atoms with van der Waals surface area (Å²) in [7, 11) is -4.56. The second kappa shape index (κ2) is 6.11. The molecule has 1 atom stereocenters. The number of carbonyl (C=O) groups excluding carboxylic acids is 1. The third kappa shape index (κ3) is 3.76. The third-order valence-electron chi connectivity index (χ3n) is 3.83. The standard InChI is InChI=1S/C15H16FN3O3S/c16-23(21,22)11-12-8-15(20)18(9-12)10-13-4-1-2-5-14(13)19-7-3-6-17-19/h1-7,12H,8-11H2. The summed E-state index contributed by atoms with van der Waals surface area (Å²) in [6.07, 6.45) is 3.54. The van der Waals surface area contributed by atoms with Gasteiger partial charge in [0.2, 0.25) is 5.91 Å². The van der Waals surface area contributed by atoms with Crippen LogP contribution in [0, 0.1) is 5.92 Å². The van der Waals surface area contributed by atoms with Crippen LogP contribution in [0.25, 0.3) is 5.69 Å². The molecule has 8 heteroatoms. The molecule has 1 aliphatic heterocycles. The predicted molar refractivity (Wildman–Crippen MR) is 82.0 cm³/mol. The zero-order valence-electron chi connectivity index (χ0n) is 12.3. The minimum atomic E-state index is -4.56. The average molecular weight is 337 g/mol. The summed E-state index contributed by atoms with van der Waals surface area (Å²) in [6, 6.07) is 9.34. The van der Waals surface area contributed by atoms with Crippen LogP contribution in [0.2, 0.25) is 0 Å². The van der Waals surface area contributed by atoms with E-state index in [-0.39, 0.29) is 18.9 Å². The van der Waals surface area contributed by atoms with Crippen LogP contribution in [0.1, 0.15) is 12.0 Å². The lowest BCUT2D eigenvalue weighted by Crippen LogP contribution is -2.26. The van der Waals surface area contributed by atoms with Gasteiger partial charge in [0.1, 0.15) is 0 Å². The van der Waals surface area contributed by atoms with Crippen LogP contribution >= 0.6 is 0 Å². The van der Waals surface area contributed by atoms with Crippen LogP contribution in [0.4, 0.5) is 3.89 Å². The summed E-state index contributed by atoms with van der Waals surface area (Å²) in [5.41, 5.74) is 1.75. The Kier molecular flexibility index (Phi) is 4.16. The first-order valence-corrected chi connectivity index (χ1v) is 8.75. The maximum Gasteiger partial charge on any atom is 0.302 e. The Balaban J connectivity index is 1.77. The van der Waals surface area contributed by atoms with Gasteiger partial charge in [0, 0.05) is 37.8 Å². The summed E-state index contributed by atoms with van der Waals surface area (Å²) in [4.78, 5) is 13.6. The van der Waals surface area contributed by atoms with Crippen LogP contribution in [0.3, 0.4) is 0 Å². The van der Waals surface area contributed by atoms with E-state index in [1.807, 2.05) is 30.5 Å². The molecule has 1 unspecified atom stereocenters. The molecule has 0 N–H and O–H groups in total. The zero-order chi connectivity index (χ0) is 16.4. The van der Waals surface area contributed by atoms with Crippen molar-refractivity contribution < 1.29 is 17.1 Å². The smallest absolute Gasteiger partial charge is 0.302 e. The number of carbonyl (C=O) groups is 1. The lowest BCUT2D eigenvalue weighted by atomic mass is 10.1. The van der Waals surface area contributed by atoms with Gasteiger partial charge < -0.3 is 4.90 Å². The maximum atomic E-state index is 12.8. The lowest BCUT2D eigenvalue weighted by molar-refractivity contribution is -0.128. The van der Waals surface area contributed by atoms with Gasteiger partial charge in [0.15, 0.2) is 0 Å². The van der Waals surface area contributed by atoms with Crippen LogP contribution in [-0.4, -0.2) is 41.3 Å². The molecule has 1 aromatic carbocycles. The first-order chi connectivity index (χ1) is 10.9. The van der Waals surface area contributed by atoms with Gasteiger partial charge in [0.25, 0.3) is 0 Å². The topological polar surface area (TPSA) is 72.3 Å². The molecule has 0 radical (unpaired) electrons. The van der Waals surface area contributed by atoms with Crippen molar-refractivity contribution in [2.45, 2.75) is 13.0 Å². The highest BCUT2D eigenvalue weighted by molar-refractivity contribution is 7.86. The quantitative estimate of drug-likeness (QED) is 0.776. The first kappa shape index (κ1) is 15.7. The minimum Gasteiger partial charge on any atom is -0.338 e. The molecule has 6 nitrogen and oxygen atoms in total. The van der Waals surface area contributed by atoms with Gasteiger partial charge in [-0.1, -0.05) is 18.2 Å². The number of hydrogen-bond donors (Lipinski definition) is 0. The molecule has 3 rings (SSSR count). The molecule has 1 amide bonds. The molecule has 122 valence electrons. The van der Waals surface area contributed by atoms with Crippen LogP contribution < -0.4 is 0 Å². The van der Waals surface area contributed by atoms with Crippen molar-refractivity contribution >= 4 is 16.1 Å². The number of aromatic nitrogens is 2. The summed E-state index contributed by atoms with van der Waals surface area (Å²) >= 11 is 0. The number of nitrogens with zero attached hydrogens (tertiary/aromatic N) is 3. The number of amides is 1. The van der Waals surface area contributed by atoms with Gasteiger partial charge in [-0.3, -0.25) is 4.79 Å². The number of likely N-dealkylation sites (tertiary alicyclic amines) is 1. The van der Waals surface area contributed by atoms with E-state index in [0.717, 1.165) is 11.3 Å². The van der Waals surface area contributed by atoms with Crippen LogP contribution in [-0.2, 0) is 21.6 Å². The Labute approximate surface area is 133 Å². The fraction of sp³-hybridized carbons (Fsp3) is 0.333. The van der Waals surface area contributed by atoms with Crippen molar-refractivity contribution in [1.82, 2.24) is 14.7 Å².